The van der Waals surface area contributed by atoms with Gasteiger partial charge in [0, 0.05) is 54.6 Å². The van der Waals surface area contributed by atoms with Crippen LogP contribution in [0.5, 0.6) is 0 Å². The molecule has 0 unspecified atom stereocenters. The van der Waals surface area contributed by atoms with Crippen LogP contribution in [0.4, 0.5) is 0 Å². The summed E-state index contributed by atoms with van der Waals surface area (Å²) in [5.74, 6) is 1.05. The first-order chi connectivity index (χ1) is 14.2. The molecule has 3 aromatic rings. The first-order valence-electron chi connectivity index (χ1n) is 10.4. The number of H-pyrrole nitrogens is 1. The first-order valence-corrected chi connectivity index (χ1v) is 10.4. The molecule has 0 spiro atoms. The van der Waals surface area contributed by atoms with E-state index in [0.29, 0.717) is 18.4 Å². The maximum atomic E-state index is 13.1. The lowest BCUT2D eigenvalue weighted by Crippen LogP contribution is -2.45. The van der Waals surface area contributed by atoms with E-state index in [1.54, 1.807) is 0 Å². The van der Waals surface area contributed by atoms with Gasteiger partial charge in [0.25, 0.3) is 5.56 Å². The molecule has 1 fully saturated rings. The van der Waals surface area contributed by atoms with Gasteiger partial charge in [-0.15, -0.1) is 0 Å². The second kappa shape index (κ2) is 7.61. The van der Waals surface area contributed by atoms with Crippen LogP contribution in [-0.4, -0.2) is 39.8 Å². The lowest BCUT2D eigenvalue weighted by molar-refractivity contribution is 0.254. The SMILES string of the molecule is CN(Cc1cc(-c2ccccc2)n[nH]1)Cc1ccc2n(c1=O)C[C@@H]1CNC[C@H]2C1. The van der Waals surface area contributed by atoms with Gasteiger partial charge in [-0.05, 0) is 38.1 Å². The molecule has 0 saturated carbocycles. The predicted octanol–water partition coefficient (Wildman–Crippen LogP) is 2.58. The number of nitrogens with one attached hydrogen (secondary N) is 2. The third-order valence-corrected chi connectivity index (χ3v) is 6.17. The smallest absolute Gasteiger partial charge is 0.255 e. The van der Waals surface area contributed by atoms with Crippen LogP contribution in [0.1, 0.15) is 29.3 Å². The summed E-state index contributed by atoms with van der Waals surface area (Å²) in [6.45, 7) is 4.20. The third kappa shape index (κ3) is 3.66. The van der Waals surface area contributed by atoms with Gasteiger partial charge in [-0.1, -0.05) is 36.4 Å². The van der Waals surface area contributed by atoms with E-state index < -0.39 is 0 Å². The second-order valence-corrected chi connectivity index (χ2v) is 8.47. The minimum Gasteiger partial charge on any atom is -0.316 e. The molecule has 150 valence electrons. The molecule has 29 heavy (non-hydrogen) atoms. The van der Waals surface area contributed by atoms with Crippen LogP contribution in [0, 0.1) is 5.92 Å². The highest BCUT2D eigenvalue weighted by atomic mass is 16.1. The quantitative estimate of drug-likeness (QED) is 0.704. The van der Waals surface area contributed by atoms with E-state index in [9.17, 15) is 4.79 Å². The predicted molar refractivity (Wildman–Crippen MR) is 114 cm³/mol. The molecule has 4 heterocycles. The molecular weight excluding hydrogens is 362 g/mol. The standard InChI is InChI=1S/C23H27N5O/c1-27(15-20-10-21(26-25-20)17-5-3-2-4-6-17)14-18-7-8-22-19-9-16(11-24-12-19)13-28(22)23(18)29/h2-8,10,16,19,24H,9,11-15H2,1H3,(H,25,26)/t16-,19+/m0/s1. The van der Waals surface area contributed by atoms with E-state index in [2.05, 4.69) is 44.7 Å². The minimum absolute atomic E-state index is 0.181. The van der Waals surface area contributed by atoms with Gasteiger partial charge < -0.3 is 9.88 Å². The van der Waals surface area contributed by atoms with Crippen molar-refractivity contribution in [3.8, 4) is 11.3 Å². The largest absolute Gasteiger partial charge is 0.316 e. The van der Waals surface area contributed by atoms with Crippen molar-refractivity contribution in [2.75, 3.05) is 20.1 Å². The Morgan fingerprint density at radius 3 is 2.86 bits per heavy atom. The minimum atomic E-state index is 0.181. The molecule has 5 rings (SSSR count). The van der Waals surface area contributed by atoms with Gasteiger partial charge in [0.1, 0.15) is 0 Å². The zero-order valence-electron chi connectivity index (χ0n) is 16.8. The molecule has 1 saturated heterocycles. The van der Waals surface area contributed by atoms with Crippen molar-refractivity contribution in [1.82, 2.24) is 25.0 Å². The fourth-order valence-corrected chi connectivity index (χ4v) is 4.79. The van der Waals surface area contributed by atoms with Crippen LogP contribution < -0.4 is 10.9 Å². The van der Waals surface area contributed by atoms with E-state index in [1.165, 1.54) is 12.1 Å². The number of hydrogen-bond acceptors (Lipinski definition) is 4. The summed E-state index contributed by atoms with van der Waals surface area (Å²) in [6, 6.07) is 16.4. The number of hydrogen-bond donors (Lipinski definition) is 2. The van der Waals surface area contributed by atoms with Gasteiger partial charge in [-0.25, -0.2) is 0 Å². The molecule has 2 N–H and O–H groups in total. The van der Waals surface area contributed by atoms with Gasteiger partial charge in [-0.2, -0.15) is 5.10 Å². The molecule has 1 aromatic carbocycles. The van der Waals surface area contributed by atoms with Crippen LogP contribution in [0.3, 0.4) is 0 Å². The number of aromatic amines is 1. The highest BCUT2D eigenvalue weighted by Crippen LogP contribution is 2.31. The topological polar surface area (TPSA) is 66.0 Å². The average molecular weight is 390 g/mol. The molecule has 2 aromatic heterocycles. The second-order valence-electron chi connectivity index (χ2n) is 8.47. The van der Waals surface area contributed by atoms with E-state index in [4.69, 9.17) is 0 Å². The fourth-order valence-electron chi connectivity index (χ4n) is 4.79. The van der Waals surface area contributed by atoms with Crippen molar-refractivity contribution in [1.29, 1.82) is 0 Å². The van der Waals surface area contributed by atoms with E-state index in [-0.39, 0.29) is 5.56 Å². The van der Waals surface area contributed by atoms with Crippen molar-refractivity contribution in [3.63, 3.8) is 0 Å². The van der Waals surface area contributed by atoms with Crippen molar-refractivity contribution in [3.05, 3.63) is 75.8 Å². The Morgan fingerprint density at radius 1 is 1.14 bits per heavy atom. The van der Waals surface area contributed by atoms with Gasteiger partial charge in [0.15, 0.2) is 0 Å². The van der Waals surface area contributed by atoms with Gasteiger partial charge >= 0.3 is 0 Å². The molecule has 6 nitrogen and oxygen atoms in total. The van der Waals surface area contributed by atoms with Crippen molar-refractivity contribution >= 4 is 0 Å². The Hall–Kier alpha value is -2.70. The van der Waals surface area contributed by atoms with Gasteiger partial charge in [-0.3, -0.25) is 14.8 Å². The molecule has 2 bridgehead atoms. The Labute approximate surface area is 170 Å². The summed E-state index contributed by atoms with van der Waals surface area (Å²) in [4.78, 5) is 15.3. The summed E-state index contributed by atoms with van der Waals surface area (Å²) < 4.78 is 2.03. The number of rotatable bonds is 5. The van der Waals surface area contributed by atoms with Crippen molar-refractivity contribution in [2.24, 2.45) is 5.92 Å². The third-order valence-electron chi connectivity index (χ3n) is 6.17. The number of nitrogens with zero attached hydrogens (tertiary/aromatic N) is 3. The first kappa shape index (κ1) is 18.3. The lowest BCUT2D eigenvalue weighted by Gasteiger charge is -2.37. The molecule has 0 amide bonds. The number of fused-ring (bicyclic) bond motifs is 4. The summed E-state index contributed by atoms with van der Waals surface area (Å²) in [5, 5.41) is 11.1. The van der Waals surface area contributed by atoms with Gasteiger partial charge in [0.05, 0.1) is 5.69 Å². The zero-order valence-corrected chi connectivity index (χ0v) is 16.8. The molecule has 6 heteroatoms. The Balaban J connectivity index is 1.30. The van der Waals surface area contributed by atoms with Crippen LogP contribution in [-0.2, 0) is 19.6 Å². The maximum absolute atomic E-state index is 13.1. The molecule has 0 radical (unpaired) electrons. The van der Waals surface area contributed by atoms with Crippen molar-refractivity contribution < 1.29 is 0 Å². The Bertz CT molecular complexity index is 1050. The fraction of sp³-hybridized carbons (Fsp3) is 0.391. The lowest BCUT2D eigenvalue weighted by atomic mass is 9.84. The van der Waals surface area contributed by atoms with Crippen molar-refractivity contribution in [2.45, 2.75) is 32.0 Å². The van der Waals surface area contributed by atoms with E-state index in [0.717, 1.165) is 48.7 Å². The van der Waals surface area contributed by atoms with E-state index in [1.807, 2.05) is 35.9 Å². The number of benzene rings is 1. The van der Waals surface area contributed by atoms with Crippen LogP contribution >= 0.6 is 0 Å². The Morgan fingerprint density at radius 2 is 2.00 bits per heavy atom. The summed E-state index contributed by atoms with van der Waals surface area (Å²) in [7, 11) is 2.05. The highest BCUT2D eigenvalue weighted by Gasteiger charge is 2.31. The molecule has 2 aliphatic heterocycles. The maximum Gasteiger partial charge on any atom is 0.255 e. The summed E-state index contributed by atoms with van der Waals surface area (Å²) in [5.41, 5.74) is 5.34. The van der Waals surface area contributed by atoms with Crippen LogP contribution in [0.2, 0.25) is 0 Å². The molecule has 2 aliphatic rings. The van der Waals surface area contributed by atoms with Gasteiger partial charge in [0.2, 0.25) is 0 Å². The number of aromatic nitrogens is 3. The molecule has 2 atom stereocenters. The molecular formula is C23H27N5O. The summed E-state index contributed by atoms with van der Waals surface area (Å²) in [6.07, 6.45) is 1.20. The number of pyridine rings is 1. The molecule has 0 aliphatic carbocycles. The number of piperidine rings is 1. The highest BCUT2D eigenvalue weighted by molar-refractivity contribution is 5.58. The average Bonchev–Trinajstić information content (AvgIpc) is 3.20. The van der Waals surface area contributed by atoms with E-state index >= 15 is 0 Å². The summed E-state index contributed by atoms with van der Waals surface area (Å²) >= 11 is 0. The zero-order chi connectivity index (χ0) is 19.8. The normalized spacial score (nSPS) is 20.6. The monoisotopic (exact) mass is 389 g/mol. The van der Waals surface area contributed by atoms with Crippen LogP contribution in [0.25, 0.3) is 11.3 Å². The van der Waals surface area contributed by atoms with Crippen LogP contribution in [0.15, 0.2) is 53.3 Å². The Kier molecular flexibility index (Phi) is 4.81.